The average molecular weight is 254 g/mol. The monoisotopic (exact) mass is 254 g/mol. The molecular formula is C11H14N2O5. The van der Waals surface area contributed by atoms with Gasteiger partial charge in [-0.3, -0.25) is 14.9 Å². The number of nitro groups is 1. The molecule has 0 saturated carbocycles. The van der Waals surface area contributed by atoms with Gasteiger partial charge in [-0.15, -0.1) is 0 Å². The van der Waals surface area contributed by atoms with Crippen LogP contribution in [0.15, 0.2) is 24.3 Å². The fourth-order valence-corrected chi connectivity index (χ4v) is 1.60. The SMILES string of the molecule is NC(=O)CC(Cc1ccc([N+](=O)[O-])cc1)C(O)O. The van der Waals surface area contributed by atoms with E-state index in [1.807, 2.05) is 0 Å². The van der Waals surface area contributed by atoms with Gasteiger partial charge >= 0.3 is 0 Å². The second-order valence-electron chi connectivity index (χ2n) is 3.97. The smallest absolute Gasteiger partial charge is 0.269 e. The number of nitrogens with two attached hydrogens (primary N) is 1. The molecule has 18 heavy (non-hydrogen) atoms. The van der Waals surface area contributed by atoms with Crippen molar-refractivity contribution in [1.82, 2.24) is 0 Å². The summed E-state index contributed by atoms with van der Waals surface area (Å²) in [6.07, 6.45) is -1.61. The lowest BCUT2D eigenvalue weighted by molar-refractivity contribution is -0.384. The molecule has 0 radical (unpaired) electrons. The zero-order chi connectivity index (χ0) is 13.7. The van der Waals surface area contributed by atoms with Gasteiger partial charge < -0.3 is 15.9 Å². The first-order valence-electron chi connectivity index (χ1n) is 5.28. The van der Waals surface area contributed by atoms with Crippen LogP contribution in [0.2, 0.25) is 0 Å². The lowest BCUT2D eigenvalue weighted by atomic mass is 9.95. The van der Waals surface area contributed by atoms with Gasteiger partial charge in [-0.1, -0.05) is 12.1 Å². The summed E-state index contributed by atoms with van der Waals surface area (Å²) >= 11 is 0. The van der Waals surface area contributed by atoms with E-state index in [9.17, 15) is 14.9 Å². The second-order valence-corrected chi connectivity index (χ2v) is 3.97. The number of carbonyl (C=O) groups excluding carboxylic acids is 1. The molecule has 0 saturated heterocycles. The largest absolute Gasteiger partial charge is 0.370 e. The minimum Gasteiger partial charge on any atom is -0.370 e. The number of amides is 1. The van der Waals surface area contributed by atoms with Gasteiger partial charge in [0.15, 0.2) is 6.29 Å². The Bertz CT molecular complexity index is 430. The number of hydrogen-bond donors (Lipinski definition) is 3. The second kappa shape index (κ2) is 6.08. The first-order chi connectivity index (χ1) is 8.40. The van der Waals surface area contributed by atoms with Crippen molar-refractivity contribution >= 4 is 11.6 Å². The van der Waals surface area contributed by atoms with Crippen LogP contribution >= 0.6 is 0 Å². The molecule has 1 unspecified atom stereocenters. The fourth-order valence-electron chi connectivity index (χ4n) is 1.60. The van der Waals surface area contributed by atoms with E-state index in [1.165, 1.54) is 24.3 Å². The molecule has 7 heteroatoms. The van der Waals surface area contributed by atoms with E-state index < -0.39 is 23.0 Å². The third-order valence-electron chi connectivity index (χ3n) is 2.53. The van der Waals surface area contributed by atoms with E-state index in [1.54, 1.807) is 0 Å². The summed E-state index contributed by atoms with van der Waals surface area (Å²) in [5.41, 5.74) is 5.62. The van der Waals surface area contributed by atoms with Gasteiger partial charge in [0, 0.05) is 24.5 Å². The molecule has 1 atom stereocenters. The van der Waals surface area contributed by atoms with Gasteiger partial charge in [-0.2, -0.15) is 0 Å². The van der Waals surface area contributed by atoms with E-state index in [0.717, 1.165) is 0 Å². The van der Waals surface area contributed by atoms with Crippen molar-refractivity contribution in [2.45, 2.75) is 19.1 Å². The minimum absolute atomic E-state index is 0.0465. The number of aliphatic hydroxyl groups is 2. The van der Waals surface area contributed by atoms with Crippen LogP contribution in [-0.4, -0.2) is 27.3 Å². The molecule has 1 aromatic rings. The van der Waals surface area contributed by atoms with Crippen molar-refractivity contribution in [3.8, 4) is 0 Å². The Labute approximate surface area is 103 Å². The molecule has 0 aliphatic carbocycles. The number of hydrogen-bond acceptors (Lipinski definition) is 5. The van der Waals surface area contributed by atoms with Gasteiger partial charge in [0.2, 0.25) is 5.91 Å². The Balaban J connectivity index is 2.74. The summed E-state index contributed by atoms with van der Waals surface area (Å²) in [7, 11) is 0. The van der Waals surface area contributed by atoms with E-state index in [4.69, 9.17) is 15.9 Å². The summed E-state index contributed by atoms with van der Waals surface area (Å²) in [6, 6.07) is 5.66. The number of non-ortho nitro benzene ring substituents is 1. The number of primary amides is 1. The highest BCUT2D eigenvalue weighted by molar-refractivity contribution is 5.74. The van der Waals surface area contributed by atoms with Gasteiger partial charge in [0.1, 0.15) is 0 Å². The number of rotatable bonds is 6. The molecule has 0 aliphatic heterocycles. The summed E-state index contributed by atoms with van der Waals surface area (Å²) in [5.74, 6) is -1.35. The van der Waals surface area contributed by atoms with Crippen LogP contribution in [0.4, 0.5) is 5.69 Å². The Morgan fingerprint density at radius 3 is 2.28 bits per heavy atom. The molecule has 7 nitrogen and oxygen atoms in total. The minimum atomic E-state index is -1.66. The molecule has 0 aromatic heterocycles. The quantitative estimate of drug-likeness (QED) is 0.372. The first-order valence-corrected chi connectivity index (χ1v) is 5.28. The molecular weight excluding hydrogens is 240 g/mol. The Morgan fingerprint density at radius 1 is 1.33 bits per heavy atom. The van der Waals surface area contributed by atoms with Gasteiger partial charge in [-0.05, 0) is 12.0 Å². The molecule has 0 spiro atoms. The van der Waals surface area contributed by atoms with E-state index in [2.05, 4.69) is 0 Å². The normalized spacial score (nSPS) is 12.4. The van der Waals surface area contributed by atoms with Crippen LogP contribution in [0, 0.1) is 16.0 Å². The van der Waals surface area contributed by atoms with E-state index >= 15 is 0 Å². The molecule has 0 fully saturated rings. The van der Waals surface area contributed by atoms with Crippen LogP contribution < -0.4 is 5.73 Å². The van der Waals surface area contributed by atoms with Crippen LogP contribution in [0.1, 0.15) is 12.0 Å². The summed E-state index contributed by atoms with van der Waals surface area (Å²) in [6.45, 7) is 0. The van der Waals surface area contributed by atoms with E-state index in [-0.39, 0.29) is 18.5 Å². The Kier molecular flexibility index (Phi) is 4.75. The lowest BCUT2D eigenvalue weighted by Gasteiger charge is -2.17. The molecule has 1 rings (SSSR count). The standard InChI is InChI=1S/C11H14N2O5/c12-10(14)6-8(11(15)16)5-7-1-3-9(4-2-7)13(17)18/h1-4,8,11,15-16H,5-6H2,(H2,12,14). The average Bonchev–Trinajstić information content (AvgIpc) is 2.28. The number of carbonyl (C=O) groups is 1. The fraction of sp³-hybridized carbons (Fsp3) is 0.364. The van der Waals surface area contributed by atoms with E-state index in [0.29, 0.717) is 5.56 Å². The van der Waals surface area contributed by atoms with Crippen molar-refractivity contribution in [2.24, 2.45) is 11.7 Å². The van der Waals surface area contributed by atoms with Crippen molar-refractivity contribution in [2.75, 3.05) is 0 Å². The topological polar surface area (TPSA) is 127 Å². The van der Waals surface area contributed by atoms with Gasteiger partial charge in [-0.25, -0.2) is 0 Å². The van der Waals surface area contributed by atoms with Gasteiger partial charge in [0.25, 0.3) is 5.69 Å². The summed E-state index contributed by atoms with van der Waals surface area (Å²) in [4.78, 5) is 20.7. The van der Waals surface area contributed by atoms with Crippen molar-refractivity contribution in [1.29, 1.82) is 0 Å². The highest BCUT2D eigenvalue weighted by atomic mass is 16.6. The predicted molar refractivity (Wildman–Crippen MR) is 62.3 cm³/mol. The summed E-state index contributed by atoms with van der Waals surface area (Å²) in [5, 5.41) is 28.7. The zero-order valence-electron chi connectivity index (χ0n) is 9.52. The number of benzene rings is 1. The third-order valence-corrected chi connectivity index (χ3v) is 2.53. The maximum absolute atomic E-state index is 10.8. The molecule has 1 amide bonds. The molecule has 0 heterocycles. The molecule has 4 N–H and O–H groups in total. The number of nitro benzene ring substituents is 1. The third kappa shape index (κ3) is 4.11. The molecule has 1 aromatic carbocycles. The van der Waals surface area contributed by atoms with Crippen LogP contribution in [0.3, 0.4) is 0 Å². The van der Waals surface area contributed by atoms with Crippen molar-refractivity contribution in [3.05, 3.63) is 39.9 Å². The molecule has 98 valence electrons. The molecule has 0 aliphatic rings. The number of aliphatic hydroxyl groups excluding tert-OH is 1. The molecule has 0 bridgehead atoms. The van der Waals surface area contributed by atoms with Crippen molar-refractivity contribution in [3.63, 3.8) is 0 Å². The van der Waals surface area contributed by atoms with Crippen LogP contribution in [-0.2, 0) is 11.2 Å². The highest BCUT2D eigenvalue weighted by Crippen LogP contribution is 2.18. The van der Waals surface area contributed by atoms with Gasteiger partial charge in [0.05, 0.1) is 4.92 Å². The lowest BCUT2D eigenvalue weighted by Crippen LogP contribution is -2.27. The summed E-state index contributed by atoms with van der Waals surface area (Å²) < 4.78 is 0. The maximum Gasteiger partial charge on any atom is 0.269 e. The van der Waals surface area contributed by atoms with Crippen LogP contribution in [0.25, 0.3) is 0 Å². The maximum atomic E-state index is 10.8. The predicted octanol–water partition coefficient (Wildman–Crippen LogP) is -0.0604. The van der Waals surface area contributed by atoms with Crippen LogP contribution in [0.5, 0.6) is 0 Å². The first kappa shape index (κ1) is 14.1. The van der Waals surface area contributed by atoms with Crippen molar-refractivity contribution < 1.29 is 19.9 Å². The Hall–Kier alpha value is -1.99. The Morgan fingerprint density at radius 2 is 1.89 bits per heavy atom. The number of nitrogens with zero attached hydrogens (tertiary/aromatic N) is 1. The zero-order valence-corrected chi connectivity index (χ0v) is 9.52. The highest BCUT2D eigenvalue weighted by Gasteiger charge is 2.20.